The van der Waals surface area contributed by atoms with Crippen molar-refractivity contribution >= 4 is 11.6 Å². The fourth-order valence-electron chi connectivity index (χ4n) is 3.50. The molecule has 1 unspecified atom stereocenters. The second-order valence-corrected chi connectivity index (χ2v) is 7.22. The molecular weight excluding hydrogens is 312 g/mol. The van der Waals surface area contributed by atoms with Gasteiger partial charge in [-0.25, -0.2) is 0 Å². The zero-order chi connectivity index (χ0) is 17.3. The molecule has 1 atom stereocenters. The third kappa shape index (κ3) is 6.01. The second kappa shape index (κ2) is 9.78. The van der Waals surface area contributed by atoms with Crippen LogP contribution in [0.2, 0.25) is 0 Å². The van der Waals surface area contributed by atoms with Crippen molar-refractivity contribution in [1.29, 1.82) is 0 Å². The number of nitrogens with one attached hydrogen (secondary N) is 1. The number of ether oxygens (including phenoxy) is 1. The lowest BCUT2D eigenvalue weighted by atomic mass is 10.1. The zero-order valence-electron chi connectivity index (χ0n) is 15.5. The maximum atomic E-state index is 5.44. The highest BCUT2D eigenvalue weighted by molar-refractivity contribution is 5.93. The van der Waals surface area contributed by atoms with E-state index in [1.165, 1.54) is 19.3 Å². The van der Waals surface area contributed by atoms with E-state index in [-0.39, 0.29) is 0 Å². The highest BCUT2D eigenvalue weighted by Gasteiger charge is 2.17. The normalized spacial score (nSPS) is 21.2. The SMILES string of the molecule is CC(CN=C(Nc1ccccc1)N1CCCCC1)CN1CCOCC1. The van der Waals surface area contributed by atoms with Crippen LogP contribution in [0.1, 0.15) is 26.2 Å². The molecule has 1 aromatic carbocycles. The van der Waals surface area contributed by atoms with Crippen molar-refractivity contribution in [3.05, 3.63) is 30.3 Å². The Morgan fingerprint density at radius 3 is 2.52 bits per heavy atom. The molecule has 0 aromatic heterocycles. The lowest BCUT2D eigenvalue weighted by Crippen LogP contribution is -2.41. The molecule has 5 nitrogen and oxygen atoms in total. The quantitative estimate of drug-likeness (QED) is 0.659. The predicted molar refractivity (Wildman–Crippen MR) is 104 cm³/mol. The first kappa shape index (κ1) is 18.2. The molecule has 1 aromatic rings. The van der Waals surface area contributed by atoms with Gasteiger partial charge in [0.25, 0.3) is 0 Å². The first-order valence-electron chi connectivity index (χ1n) is 9.73. The lowest BCUT2D eigenvalue weighted by molar-refractivity contribution is 0.0323. The van der Waals surface area contributed by atoms with Gasteiger partial charge in [0.2, 0.25) is 0 Å². The van der Waals surface area contributed by atoms with E-state index in [0.717, 1.165) is 64.1 Å². The van der Waals surface area contributed by atoms with E-state index in [0.29, 0.717) is 5.92 Å². The van der Waals surface area contributed by atoms with Crippen LogP contribution in [-0.4, -0.2) is 68.2 Å². The molecular formula is C20H32N4O. The van der Waals surface area contributed by atoms with Crippen molar-refractivity contribution in [3.8, 4) is 0 Å². The van der Waals surface area contributed by atoms with Crippen molar-refractivity contribution in [2.24, 2.45) is 10.9 Å². The molecule has 25 heavy (non-hydrogen) atoms. The first-order chi connectivity index (χ1) is 12.3. The molecule has 138 valence electrons. The van der Waals surface area contributed by atoms with Gasteiger partial charge in [0.1, 0.15) is 0 Å². The third-order valence-electron chi connectivity index (χ3n) is 4.91. The number of rotatable bonds is 5. The lowest BCUT2D eigenvalue weighted by Gasteiger charge is -2.31. The predicted octanol–water partition coefficient (Wildman–Crippen LogP) is 2.91. The van der Waals surface area contributed by atoms with Gasteiger partial charge in [-0.2, -0.15) is 0 Å². The molecule has 2 fully saturated rings. The summed E-state index contributed by atoms with van der Waals surface area (Å²) in [6.45, 7) is 10.3. The summed E-state index contributed by atoms with van der Waals surface area (Å²) in [6, 6.07) is 10.4. The van der Waals surface area contributed by atoms with Gasteiger partial charge in [0.15, 0.2) is 5.96 Å². The van der Waals surface area contributed by atoms with E-state index >= 15 is 0 Å². The summed E-state index contributed by atoms with van der Waals surface area (Å²) in [5, 5.41) is 3.55. The van der Waals surface area contributed by atoms with E-state index in [1.54, 1.807) is 0 Å². The smallest absolute Gasteiger partial charge is 0.198 e. The van der Waals surface area contributed by atoms with Gasteiger partial charge in [0.05, 0.1) is 13.2 Å². The van der Waals surface area contributed by atoms with Crippen molar-refractivity contribution in [1.82, 2.24) is 9.80 Å². The Hall–Kier alpha value is -1.59. The van der Waals surface area contributed by atoms with Crippen LogP contribution in [0.4, 0.5) is 5.69 Å². The van der Waals surface area contributed by atoms with Gasteiger partial charge in [-0.1, -0.05) is 25.1 Å². The Bertz CT molecular complexity index is 522. The summed E-state index contributed by atoms with van der Waals surface area (Å²) < 4.78 is 5.44. The Kier molecular flexibility index (Phi) is 7.12. The zero-order valence-corrected chi connectivity index (χ0v) is 15.5. The number of morpholine rings is 1. The molecule has 2 aliphatic rings. The van der Waals surface area contributed by atoms with Gasteiger partial charge < -0.3 is 15.0 Å². The average molecular weight is 345 g/mol. The third-order valence-corrected chi connectivity index (χ3v) is 4.91. The maximum absolute atomic E-state index is 5.44. The Balaban J connectivity index is 1.59. The monoisotopic (exact) mass is 344 g/mol. The Labute approximate surface area is 152 Å². The van der Waals surface area contributed by atoms with Gasteiger partial charge in [-0.05, 0) is 37.3 Å². The molecule has 0 bridgehead atoms. The average Bonchev–Trinajstić information content (AvgIpc) is 2.67. The van der Waals surface area contributed by atoms with E-state index in [2.05, 4.69) is 46.3 Å². The maximum Gasteiger partial charge on any atom is 0.198 e. The first-order valence-corrected chi connectivity index (χ1v) is 9.73. The minimum Gasteiger partial charge on any atom is -0.379 e. The minimum atomic E-state index is 0.551. The summed E-state index contributed by atoms with van der Waals surface area (Å²) in [7, 11) is 0. The summed E-state index contributed by atoms with van der Waals surface area (Å²) in [5.74, 6) is 1.59. The van der Waals surface area contributed by atoms with Crippen molar-refractivity contribution < 1.29 is 4.74 Å². The van der Waals surface area contributed by atoms with Crippen molar-refractivity contribution in [2.45, 2.75) is 26.2 Å². The molecule has 0 amide bonds. The number of para-hydroxylation sites is 1. The number of aliphatic imine (C=N–C) groups is 1. The Morgan fingerprint density at radius 2 is 1.80 bits per heavy atom. The number of likely N-dealkylation sites (tertiary alicyclic amines) is 1. The summed E-state index contributed by atoms with van der Waals surface area (Å²) in [4.78, 5) is 9.89. The van der Waals surface area contributed by atoms with Gasteiger partial charge >= 0.3 is 0 Å². The topological polar surface area (TPSA) is 40.1 Å². The van der Waals surface area contributed by atoms with Gasteiger partial charge in [-0.15, -0.1) is 0 Å². The fraction of sp³-hybridized carbons (Fsp3) is 0.650. The van der Waals surface area contributed by atoms with E-state index < -0.39 is 0 Å². The number of guanidine groups is 1. The highest BCUT2D eigenvalue weighted by Crippen LogP contribution is 2.13. The van der Waals surface area contributed by atoms with Gasteiger partial charge in [0, 0.05) is 45.0 Å². The Morgan fingerprint density at radius 1 is 1.08 bits per heavy atom. The van der Waals surface area contributed by atoms with Crippen LogP contribution in [0, 0.1) is 5.92 Å². The summed E-state index contributed by atoms with van der Waals surface area (Å²) in [6.07, 6.45) is 3.86. The van der Waals surface area contributed by atoms with Crippen molar-refractivity contribution in [3.63, 3.8) is 0 Å². The van der Waals surface area contributed by atoms with E-state index in [1.807, 2.05) is 6.07 Å². The highest BCUT2D eigenvalue weighted by atomic mass is 16.5. The molecule has 0 saturated carbocycles. The van der Waals surface area contributed by atoms with E-state index in [4.69, 9.17) is 9.73 Å². The fourth-order valence-corrected chi connectivity index (χ4v) is 3.50. The largest absolute Gasteiger partial charge is 0.379 e. The van der Waals surface area contributed by atoms with Crippen molar-refractivity contribution in [2.75, 3.05) is 57.8 Å². The van der Waals surface area contributed by atoms with Crippen LogP contribution in [0.15, 0.2) is 35.3 Å². The summed E-state index contributed by atoms with van der Waals surface area (Å²) >= 11 is 0. The number of hydrogen-bond acceptors (Lipinski definition) is 3. The second-order valence-electron chi connectivity index (χ2n) is 7.22. The molecule has 2 aliphatic heterocycles. The van der Waals surface area contributed by atoms with Crippen LogP contribution in [0.25, 0.3) is 0 Å². The van der Waals surface area contributed by atoms with Crippen LogP contribution >= 0.6 is 0 Å². The van der Waals surface area contributed by atoms with E-state index in [9.17, 15) is 0 Å². The minimum absolute atomic E-state index is 0.551. The molecule has 2 saturated heterocycles. The van der Waals surface area contributed by atoms with Gasteiger partial charge in [-0.3, -0.25) is 9.89 Å². The number of hydrogen-bond donors (Lipinski definition) is 1. The standard InChI is InChI=1S/C20H32N4O/c1-18(17-23-12-14-25-15-13-23)16-21-20(24-10-6-3-7-11-24)22-19-8-4-2-5-9-19/h2,4-5,8-9,18H,3,6-7,10-17H2,1H3,(H,21,22). The molecule has 0 spiro atoms. The molecule has 2 heterocycles. The number of benzene rings is 1. The summed E-state index contributed by atoms with van der Waals surface area (Å²) in [5.41, 5.74) is 1.12. The number of nitrogens with zero attached hydrogens (tertiary/aromatic N) is 3. The van der Waals surface area contributed by atoms with Crippen LogP contribution in [0.5, 0.6) is 0 Å². The molecule has 0 radical (unpaired) electrons. The molecule has 3 rings (SSSR count). The van der Waals surface area contributed by atoms with Crippen LogP contribution in [0.3, 0.4) is 0 Å². The molecule has 5 heteroatoms. The number of anilines is 1. The van der Waals surface area contributed by atoms with Crippen LogP contribution in [-0.2, 0) is 4.74 Å². The van der Waals surface area contributed by atoms with Crippen LogP contribution < -0.4 is 5.32 Å². The molecule has 1 N–H and O–H groups in total. The number of piperidine rings is 1. The molecule has 0 aliphatic carbocycles.